The van der Waals surface area contributed by atoms with Crippen LogP contribution in [0.4, 0.5) is 5.82 Å². The van der Waals surface area contributed by atoms with Crippen molar-refractivity contribution in [1.29, 1.82) is 0 Å². The highest BCUT2D eigenvalue weighted by Gasteiger charge is 2.15. The van der Waals surface area contributed by atoms with Crippen molar-refractivity contribution < 1.29 is 4.79 Å². The summed E-state index contributed by atoms with van der Waals surface area (Å²) in [5.41, 5.74) is 1.54. The molecule has 0 fully saturated rings. The molecule has 2 rings (SSSR count). The van der Waals surface area contributed by atoms with Crippen molar-refractivity contribution in [3.05, 3.63) is 41.6 Å². The molecular weight excluding hydrogens is 266 g/mol. The van der Waals surface area contributed by atoms with Crippen LogP contribution >= 0.6 is 0 Å². The zero-order valence-corrected chi connectivity index (χ0v) is 12.9. The number of carbonyl (C=O) groups is 1. The molecule has 6 nitrogen and oxygen atoms in total. The van der Waals surface area contributed by atoms with Crippen molar-refractivity contribution >= 4 is 11.7 Å². The number of hydrogen-bond acceptors (Lipinski definition) is 4. The number of aromatic nitrogens is 3. The van der Waals surface area contributed by atoms with Crippen molar-refractivity contribution in [2.24, 2.45) is 7.05 Å². The fourth-order valence-electron chi connectivity index (χ4n) is 2.07. The van der Waals surface area contributed by atoms with Gasteiger partial charge in [0.25, 0.3) is 5.91 Å². The number of hydrogen-bond donors (Lipinski definition) is 1. The highest BCUT2D eigenvalue weighted by atomic mass is 16.2. The van der Waals surface area contributed by atoms with E-state index >= 15 is 0 Å². The van der Waals surface area contributed by atoms with E-state index in [0.717, 1.165) is 17.9 Å². The first-order chi connectivity index (χ1) is 10.0. The number of carbonyl (C=O) groups excluding carboxylic acids is 1. The average molecular weight is 287 g/mol. The minimum absolute atomic E-state index is 0.0356. The Bertz CT molecular complexity index is 612. The summed E-state index contributed by atoms with van der Waals surface area (Å²) in [7, 11) is 5.50. The summed E-state index contributed by atoms with van der Waals surface area (Å²) in [6.07, 6.45) is 4.39. The van der Waals surface area contributed by atoms with E-state index in [4.69, 9.17) is 0 Å². The van der Waals surface area contributed by atoms with Crippen molar-refractivity contribution in [2.45, 2.75) is 19.9 Å². The lowest BCUT2D eigenvalue weighted by Crippen LogP contribution is -2.27. The standard InChI is InChI=1S/C15H21N5O/c1-5-12-8-11(9-13(16-2)18-12)15(21)20(4)10-14-17-6-7-19(14)3/h6-9H,5,10H2,1-4H3,(H,16,18). The van der Waals surface area contributed by atoms with Crippen molar-refractivity contribution in [1.82, 2.24) is 19.4 Å². The molecule has 0 aliphatic rings. The van der Waals surface area contributed by atoms with Crippen LogP contribution in [-0.4, -0.2) is 39.4 Å². The fraction of sp³-hybridized carbons (Fsp3) is 0.400. The number of aryl methyl sites for hydroxylation is 2. The highest BCUT2D eigenvalue weighted by molar-refractivity contribution is 5.94. The quantitative estimate of drug-likeness (QED) is 0.909. The number of nitrogens with zero attached hydrogens (tertiary/aromatic N) is 4. The van der Waals surface area contributed by atoms with Crippen molar-refractivity contribution in [3.8, 4) is 0 Å². The first-order valence-corrected chi connectivity index (χ1v) is 6.95. The SMILES string of the molecule is CCc1cc(C(=O)N(C)Cc2nccn2C)cc(NC)n1. The monoisotopic (exact) mass is 287 g/mol. The molecule has 112 valence electrons. The summed E-state index contributed by atoms with van der Waals surface area (Å²) in [5, 5.41) is 2.99. The topological polar surface area (TPSA) is 63.1 Å². The smallest absolute Gasteiger partial charge is 0.254 e. The number of anilines is 1. The molecule has 0 saturated heterocycles. The molecule has 0 aliphatic heterocycles. The molecule has 21 heavy (non-hydrogen) atoms. The molecule has 0 saturated carbocycles. The minimum Gasteiger partial charge on any atom is -0.373 e. The number of rotatable bonds is 5. The third-order valence-electron chi connectivity index (χ3n) is 3.39. The molecule has 0 aliphatic carbocycles. The van der Waals surface area contributed by atoms with Gasteiger partial charge in [-0.1, -0.05) is 6.92 Å². The van der Waals surface area contributed by atoms with Gasteiger partial charge in [-0.05, 0) is 18.6 Å². The maximum atomic E-state index is 12.6. The van der Waals surface area contributed by atoms with Gasteiger partial charge in [-0.25, -0.2) is 9.97 Å². The number of imidazole rings is 1. The molecule has 0 aromatic carbocycles. The first kappa shape index (κ1) is 15.0. The summed E-state index contributed by atoms with van der Waals surface area (Å²) in [6, 6.07) is 3.62. The Morgan fingerprint density at radius 2 is 2.19 bits per heavy atom. The predicted octanol–water partition coefficient (Wildman–Crippen LogP) is 1.69. The summed E-state index contributed by atoms with van der Waals surface area (Å²) in [5.74, 6) is 1.53. The molecule has 0 atom stereocenters. The maximum Gasteiger partial charge on any atom is 0.254 e. The van der Waals surface area contributed by atoms with Crippen LogP contribution in [0.25, 0.3) is 0 Å². The second-order valence-corrected chi connectivity index (χ2v) is 4.95. The van der Waals surface area contributed by atoms with Gasteiger partial charge in [-0.15, -0.1) is 0 Å². The summed E-state index contributed by atoms with van der Waals surface area (Å²) >= 11 is 0. The Morgan fingerprint density at radius 1 is 1.43 bits per heavy atom. The third-order valence-corrected chi connectivity index (χ3v) is 3.39. The van der Waals surface area contributed by atoms with Crippen LogP contribution in [-0.2, 0) is 20.0 Å². The maximum absolute atomic E-state index is 12.6. The minimum atomic E-state index is -0.0356. The Hall–Kier alpha value is -2.37. The van der Waals surface area contributed by atoms with E-state index in [1.54, 1.807) is 31.3 Å². The molecule has 0 bridgehead atoms. The van der Waals surface area contributed by atoms with Gasteiger partial charge in [0.2, 0.25) is 0 Å². The molecular formula is C15H21N5O. The van der Waals surface area contributed by atoms with E-state index in [1.807, 2.05) is 30.8 Å². The van der Waals surface area contributed by atoms with Crippen LogP contribution in [0.2, 0.25) is 0 Å². The van der Waals surface area contributed by atoms with Crippen LogP contribution in [0.15, 0.2) is 24.5 Å². The van der Waals surface area contributed by atoms with E-state index in [-0.39, 0.29) is 5.91 Å². The summed E-state index contributed by atoms with van der Waals surface area (Å²) in [6.45, 7) is 2.49. The predicted molar refractivity (Wildman–Crippen MR) is 82.2 cm³/mol. The van der Waals surface area contributed by atoms with Gasteiger partial charge in [0.15, 0.2) is 0 Å². The lowest BCUT2D eigenvalue weighted by atomic mass is 10.1. The van der Waals surface area contributed by atoms with Gasteiger partial charge in [0.05, 0.1) is 6.54 Å². The van der Waals surface area contributed by atoms with E-state index in [2.05, 4.69) is 15.3 Å². The zero-order chi connectivity index (χ0) is 15.4. The number of nitrogens with one attached hydrogen (secondary N) is 1. The van der Waals surface area contributed by atoms with E-state index in [0.29, 0.717) is 17.9 Å². The highest BCUT2D eigenvalue weighted by Crippen LogP contribution is 2.13. The van der Waals surface area contributed by atoms with Crippen LogP contribution < -0.4 is 5.32 Å². The van der Waals surface area contributed by atoms with Gasteiger partial charge in [-0.2, -0.15) is 0 Å². The number of amides is 1. The molecule has 6 heteroatoms. The van der Waals surface area contributed by atoms with Gasteiger partial charge >= 0.3 is 0 Å². The Labute approximate surface area is 124 Å². The van der Waals surface area contributed by atoms with Crippen LogP contribution in [0, 0.1) is 0 Å². The zero-order valence-electron chi connectivity index (χ0n) is 12.9. The van der Waals surface area contributed by atoms with Crippen LogP contribution in [0.1, 0.15) is 28.8 Å². The van der Waals surface area contributed by atoms with E-state index < -0.39 is 0 Å². The lowest BCUT2D eigenvalue weighted by molar-refractivity contribution is 0.0780. The molecule has 0 radical (unpaired) electrons. The van der Waals surface area contributed by atoms with Gasteiger partial charge in [0.1, 0.15) is 11.6 Å². The molecule has 2 aromatic rings. The van der Waals surface area contributed by atoms with Crippen molar-refractivity contribution in [2.75, 3.05) is 19.4 Å². The molecule has 0 unspecified atom stereocenters. The van der Waals surface area contributed by atoms with Gasteiger partial charge in [0, 0.05) is 44.8 Å². The lowest BCUT2D eigenvalue weighted by Gasteiger charge is -2.17. The molecule has 1 amide bonds. The number of pyridine rings is 1. The normalized spacial score (nSPS) is 10.5. The average Bonchev–Trinajstić information content (AvgIpc) is 2.90. The van der Waals surface area contributed by atoms with Crippen LogP contribution in [0.3, 0.4) is 0 Å². The summed E-state index contributed by atoms with van der Waals surface area (Å²) < 4.78 is 1.91. The Kier molecular flexibility index (Phi) is 4.57. The second-order valence-electron chi connectivity index (χ2n) is 4.95. The Morgan fingerprint density at radius 3 is 2.76 bits per heavy atom. The summed E-state index contributed by atoms with van der Waals surface area (Å²) in [4.78, 5) is 22.9. The first-order valence-electron chi connectivity index (χ1n) is 6.95. The largest absolute Gasteiger partial charge is 0.373 e. The van der Waals surface area contributed by atoms with Gasteiger partial charge < -0.3 is 14.8 Å². The molecule has 2 heterocycles. The van der Waals surface area contributed by atoms with Crippen LogP contribution in [0.5, 0.6) is 0 Å². The molecule has 0 spiro atoms. The molecule has 1 N–H and O–H groups in total. The Balaban J connectivity index is 2.20. The van der Waals surface area contributed by atoms with Crippen molar-refractivity contribution in [3.63, 3.8) is 0 Å². The van der Waals surface area contributed by atoms with Gasteiger partial charge in [-0.3, -0.25) is 4.79 Å². The van der Waals surface area contributed by atoms with E-state index in [9.17, 15) is 4.79 Å². The molecule has 2 aromatic heterocycles. The fourth-order valence-corrected chi connectivity index (χ4v) is 2.07. The third kappa shape index (κ3) is 3.39. The second kappa shape index (κ2) is 6.39. The van der Waals surface area contributed by atoms with E-state index in [1.165, 1.54) is 0 Å².